The van der Waals surface area contributed by atoms with Gasteiger partial charge in [-0.15, -0.1) is 0 Å². The van der Waals surface area contributed by atoms with Gasteiger partial charge < -0.3 is 0 Å². The minimum Gasteiger partial charge on any atom is -0.264 e. The molecule has 0 amide bonds. The van der Waals surface area contributed by atoms with Crippen molar-refractivity contribution in [2.75, 3.05) is 0 Å². The highest BCUT2D eigenvalue weighted by Gasteiger charge is 2.06. The first-order chi connectivity index (χ1) is 8.18. The van der Waals surface area contributed by atoms with E-state index in [2.05, 4.69) is 37.5 Å². The van der Waals surface area contributed by atoms with Gasteiger partial charge in [0.15, 0.2) is 0 Å². The number of benzene rings is 1. The molecule has 0 saturated carbocycles. The zero-order valence-corrected chi connectivity index (χ0v) is 10.9. The van der Waals surface area contributed by atoms with Gasteiger partial charge in [-0.05, 0) is 36.6 Å². The maximum Gasteiger partial charge on any atom is 0.0410 e. The van der Waals surface area contributed by atoms with Gasteiger partial charge in [0.05, 0.1) is 0 Å². The molecule has 1 aromatic heterocycles. The first-order valence-electron chi connectivity index (χ1n) is 5.52. The van der Waals surface area contributed by atoms with Crippen LogP contribution in [0.25, 0.3) is 4.91 Å². The normalized spacial score (nSPS) is 10.2. The molecule has 2 heteroatoms. The number of hydrogen-bond acceptors (Lipinski definition) is 2. The van der Waals surface area contributed by atoms with Crippen LogP contribution in [0.5, 0.6) is 0 Å². The van der Waals surface area contributed by atoms with E-state index in [0.717, 1.165) is 4.91 Å². The third kappa shape index (κ3) is 2.77. The summed E-state index contributed by atoms with van der Waals surface area (Å²) in [7, 11) is 0. The van der Waals surface area contributed by atoms with Gasteiger partial charge in [0.2, 0.25) is 0 Å². The summed E-state index contributed by atoms with van der Waals surface area (Å²) in [6.45, 7) is 8.36. The van der Waals surface area contributed by atoms with E-state index < -0.39 is 0 Å². The van der Waals surface area contributed by atoms with E-state index in [-0.39, 0.29) is 0 Å². The summed E-state index contributed by atoms with van der Waals surface area (Å²) < 4.78 is 0. The highest BCUT2D eigenvalue weighted by Crippen LogP contribution is 2.35. The molecule has 1 nitrogen and oxygen atoms in total. The number of aromatic nitrogens is 1. The minimum atomic E-state index is 1.07. The predicted octanol–water partition coefficient (Wildman–Crippen LogP) is 4.46. The van der Waals surface area contributed by atoms with Gasteiger partial charge in [0.25, 0.3) is 0 Å². The van der Waals surface area contributed by atoms with Gasteiger partial charge in [-0.1, -0.05) is 42.6 Å². The molecule has 0 bridgehead atoms. The largest absolute Gasteiger partial charge is 0.264 e. The standard InChI is InChI=1S/C15H15NS/c1-11-6-4-5-7-14(11)13(3)17-15-10-16-9-8-12(15)2/h4-10H,3H2,1-2H3. The van der Waals surface area contributed by atoms with Gasteiger partial charge in [-0.25, -0.2) is 0 Å². The lowest BCUT2D eigenvalue weighted by molar-refractivity contribution is 1.18. The quantitative estimate of drug-likeness (QED) is 0.736. The fourth-order valence-electron chi connectivity index (χ4n) is 1.63. The summed E-state index contributed by atoms with van der Waals surface area (Å²) in [4.78, 5) is 6.39. The summed E-state index contributed by atoms with van der Waals surface area (Å²) in [6.07, 6.45) is 3.71. The van der Waals surface area contributed by atoms with Crippen molar-refractivity contribution >= 4 is 16.7 Å². The predicted molar refractivity (Wildman–Crippen MR) is 75.0 cm³/mol. The first-order valence-corrected chi connectivity index (χ1v) is 6.33. The van der Waals surface area contributed by atoms with Crippen LogP contribution in [-0.2, 0) is 0 Å². The number of aryl methyl sites for hydroxylation is 2. The maximum atomic E-state index is 4.16. The molecule has 0 radical (unpaired) electrons. The Balaban J connectivity index is 2.24. The number of rotatable bonds is 3. The first kappa shape index (κ1) is 11.9. The van der Waals surface area contributed by atoms with Crippen molar-refractivity contribution in [3.63, 3.8) is 0 Å². The van der Waals surface area contributed by atoms with Crippen molar-refractivity contribution in [3.05, 3.63) is 66.0 Å². The Labute approximate surface area is 107 Å². The lowest BCUT2D eigenvalue weighted by atomic mass is 10.1. The van der Waals surface area contributed by atoms with E-state index in [4.69, 9.17) is 0 Å². The second-order valence-corrected chi connectivity index (χ2v) is 5.12. The topological polar surface area (TPSA) is 12.9 Å². The number of thioether (sulfide) groups is 1. The van der Waals surface area contributed by atoms with E-state index in [0.29, 0.717) is 0 Å². The van der Waals surface area contributed by atoms with Crippen LogP contribution in [0.2, 0.25) is 0 Å². The average molecular weight is 241 g/mol. The van der Waals surface area contributed by atoms with Crippen molar-refractivity contribution in [2.45, 2.75) is 18.7 Å². The Morgan fingerprint density at radius 2 is 1.88 bits per heavy atom. The van der Waals surface area contributed by atoms with Crippen molar-refractivity contribution in [1.82, 2.24) is 4.98 Å². The van der Waals surface area contributed by atoms with E-state index in [1.54, 1.807) is 11.8 Å². The molecular formula is C15H15NS. The summed E-state index contributed by atoms with van der Waals surface area (Å²) in [5, 5.41) is 0. The van der Waals surface area contributed by atoms with Crippen LogP contribution < -0.4 is 0 Å². The molecule has 0 fully saturated rings. The Hall–Kier alpha value is -1.54. The zero-order chi connectivity index (χ0) is 12.3. The maximum absolute atomic E-state index is 4.16. The molecule has 0 aliphatic rings. The second-order valence-electron chi connectivity index (χ2n) is 3.98. The number of nitrogens with zero attached hydrogens (tertiary/aromatic N) is 1. The zero-order valence-electron chi connectivity index (χ0n) is 10.1. The Bertz CT molecular complexity index is 546. The van der Waals surface area contributed by atoms with Crippen molar-refractivity contribution in [1.29, 1.82) is 0 Å². The van der Waals surface area contributed by atoms with Gasteiger partial charge in [-0.2, -0.15) is 0 Å². The van der Waals surface area contributed by atoms with Crippen molar-refractivity contribution < 1.29 is 0 Å². The van der Waals surface area contributed by atoms with Gasteiger partial charge >= 0.3 is 0 Å². The SMILES string of the molecule is C=C(Sc1cnccc1C)c1ccccc1C. The van der Waals surface area contributed by atoms with Crippen LogP contribution in [0, 0.1) is 13.8 Å². The molecule has 17 heavy (non-hydrogen) atoms. The molecular weight excluding hydrogens is 226 g/mol. The van der Waals surface area contributed by atoms with E-state index in [1.165, 1.54) is 21.6 Å². The fraction of sp³-hybridized carbons (Fsp3) is 0.133. The van der Waals surface area contributed by atoms with Crippen molar-refractivity contribution in [3.8, 4) is 0 Å². The molecule has 86 valence electrons. The smallest absolute Gasteiger partial charge is 0.0410 e. The molecule has 0 unspecified atom stereocenters. The summed E-state index contributed by atoms with van der Waals surface area (Å²) in [5.74, 6) is 0. The summed E-state index contributed by atoms with van der Waals surface area (Å²) >= 11 is 1.68. The van der Waals surface area contributed by atoms with Crippen LogP contribution in [0.1, 0.15) is 16.7 Å². The highest BCUT2D eigenvalue weighted by molar-refractivity contribution is 8.08. The molecule has 0 N–H and O–H groups in total. The van der Waals surface area contributed by atoms with Crippen LogP contribution in [0.15, 0.2) is 54.2 Å². The number of hydrogen-bond donors (Lipinski definition) is 0. The van der Waals surface area contributed by atoms with Gasteiger partial charge in [-0.3, -0.25) is 4.98 Å². The van der Waals surface area contributed by atoms with E-state index in [1.807, 2.05) is 30.6 Å². The Morgan fingerprint density at radius 1 is 1.12 bits per heavy atom. The minimum absolute atomic E-state index is 1.07. The third-order valence-electron chi connectivity index (χ3n) is 2.67. The molecule has 0 aliphatic carbocycles. The molecule has 0 aliphatic heterocycles. The van der Waals surface area contributed by atoms with Gasteiger partial charge in [0.1, 0.15) is 0 Å². The molecule has 1 heterocycles. The van der Waals surface area contributed by atoms with Crippen LogP contribution in [0.4, 0.5) is 0 Å². The van der Waals surface area contributed by atoms with Crippen LogP contribution in [-0.4, -0.2) is 4.98 Å². The molecule has 2 rings (SSSR count). The highest BCUT2D eigenvalue weighted by atomic mass is 32.2. The Kier molecular flexibility index (Phi) is 3.64. The summed E-state index contributed by atoms with van der Waals surface area (Å²) in [5.41, 5.74) is 3.70. The second kappa shape index (κ2) is 5.19. The molecule has 0 saturated heterocycles. The van der Waals surface area contributed by atoms with Crippen LogP contribution >= 0.6 is 11.8 Å². The molecule has 1 aromatic carbocycles. The average Bonchev–Trinajstić information content (AvgIpc) is 2.32. The molecule has 0 atom stereocenters. The van der Waals surface area contributed by atoms with E-state index >= 15 is 0 Å². The van der Waals surface area contributed by atoms with Gasteiger partial charge in [0, 0.05) is 22.2 Å². The fourth-order valence-corrected chi connectivity index (χ4v) is 2.58. The molecule has 2 aromatic rings. The summed E-state index contributed by atoms with van der Waals surface area (Å²) in [6, 6.07) is 10.3. The molecule has 0 spiro atoms. The Morgan fingerprint density at radius 3 is 2.59 bits per heavy atom. The lowest BCUT2D eigenvalue weighted by Crippen LogP contribution is -1.86. The van der Waals surface area contributed by atoms with Crippen molar-refractivity contribution in [2.24, 2.45) is 0 Å². The monoisotopic (exact) mass is 241 g/mol. The van der Waals surface area contributed by atoms with E-state index in [9.17, 15) is 0 Å². The lowest BCUT2D eigenvalue weighted by Gasteiger charge is -2.09. The van der Waals surface area contributed by atoms with Crippen LogP contribution in [0.3, 0.4) is 0 Å². The number of pyridine rings is 1. The third-order valence-corrected chi connectivity index (χ3v) is 3.78.